The molecule has 1 N–H and O–H groups in total. The molecule has 37 heavy (non-hydrogen) atoms. The molecule has 7 nitrogen and oxygen atoms in total. The van der Waals surface area contributed by atoms with Crippen LogP contribution in [0.5, 0.6) is 0 Å². The fourth-order valence-electron chi connectivity index (χ4n) is 4.58. The molecule has 200 valence electrons. The van der Waals surface area contributed by atoms with E-state index in [0.29, 0.717) is 17.8 Å². The molecule has 0 bridgehead atoms. The topological polar surface area (TPSA) is 82.5 Å². The second-order valence-corrected chi connectivity index (χ2v) is 9.09. The number of aryl methyl sites for hydroxylation is 3. The van der Waals surface area contributed by atoms with Crippen molar-refractivity contribution in [2.75, 3.05) is 13.7 Å². The number of nitrogens with zero attached hydrogens (tertiary/aromatic N) is 2. The van der Waals surface area contributed by atoms with Crippen LogP contribution in [0.3, 0.4) is 0 Å². The molecular weight excluding hydrogens is 487 g/mol. The molecule has 1 aliphatic rings. The Morgan fingerprint density at radius 2 is 1.59 bits per heavy atom. The summed E-state index contributed by atoms with van der Waals surface area (Å²) in [6, 6.07) is 3.80. The maximum Gasteiger partial charge on any atom is 0.336 e. The molecule has 2 heterocycles. The lowest BCUT2D eigenvalue weighted by Gasteiger charge is -2.30. The minimum atomic E-state index is -1.69. The summed E-state index contributed by atoms with van der Waals surface area (Å²) in [5.74, 6) is -7.50. The van der Waals surface area contributed by atoms with E-state index in [9.17, 15) is 22.8 Å². The maximum absolute atomic E-state index is 14.9. The number of carbonyl (C=O) groups is 2. The number of halogens is 3. The number of methoxy groups -OCH3 is 1. The molecule has 10 heteroatoms. The van der Waals surface area contributed by atoms with Crippen LogP contribution < -0.4 is 5.32 Å². The Morgan fingerprint density at radius 3 is 2.22 bits per heavy atom. The predicted molar refractivity (Wildman–Crippen MR) is 131 cm³/mol. The fraction of sp³-hybridized carbons (Fsp3) is 0.444. The van der Waals surface area contributed by atoms with E-state index < -0.39 is 35.3 Å². The van der Waals surface area contributed by atoms with Crippen molar-refractivity contribution in [3.8, 4) is 0 Å². The van der Waals surface area contributed by atoms with Gasteiger partial charge in [-0.1, -0.05) is 12.5 Å². The van der Waals surface area contributed by atoms with Crippen LogP contribution in [-0.2, 0) is 25.6 Å². The molecule has 1 atom stereocenters. The second kappa shape index (κ2) is 12.1. The number of benzene rings is 1. The van der Waals surface area contributed by atoms with Gasteiger partial charge in [-0.2, -0.15) is 5.10 Å². The van der Waals surface area contributed by atoms with Gasteiger partial charge in [0.05, 0.1) is 36.5 Å². The minimum Gasteiger partial charge on any atom is -0.466 e. The highest BCUT2D eigenvalue weighted by Gasteiger charge is 2.40. The highest BCUT2D eigenvalue weighted by atomic mass is 19.2. The van der Waals surface area contributed by atoms with Crippen molar-refractivity contribution in [3.05, 3.63) is 75.1 Å². The van der Waals surface area contributed by atoms with Crippen molar-refractivity contribution in [3.63, 3.8) is 0 Å². The number of hydrogen-bond donors (Lipinski definition) is 1. The van der Waals surface area contributed by atoms with E-state index in [1.165, 1.54) is 0 Å². The Bertz CT molecular complexity index is 1250. The van der Waals surface area contributed by atoms with Crippen molar-refractivity contribution in [2.45, 2.75) is 65.8 Å². The van der Waals surface area contributed by atoms with Crippen LogP contribution in [0.25, 0.3) is 0 Å². The number of nitrogens with one attached hydrogen (secondary N) is 1. The third-order valence-corrected chi connectivity index (χ3v) is 6.36. The summed E-state index contributed by atoms with van der Waals surface area (Å²) in [5.41, 5.74) is 2.18. The van der Waals surface area contributed by atoms with Crippen LogP contribution in [0, 0.1) is 31.3 Å². The van der Waals surface area contributed by atoms with E-state index in [2.05, 4.69) is 10.4 Å². The molecular formula is C27H32F3N3O4. The Kier molecular flexibility index (Phi) is 9.18. The average molecular weight is 520 g/mol. The predicted octanol–water partition coefficient (Wildman–Crippen LogP) is 5.13. The van der Waals surface area contributed by atoms with Gasteiger partial charge in [-0.05, 0) is 59.1 Å². The molecule has 0 aliphatic carbocycles. The molecule has 0 radical (unpaired) electrons. The summed E-state index contributed by atoms with van der Waals surface area (Å²) in [7, 11) is 1.14. The van der Waals surface area contributed by atoms with E-state index in [1.807, 2.05) is 24.6 Å². The average Bonchev–Trinajstić information content (AvgIpc) is 3.17. The number of aromatic nitrogens is 2. The standard InChI is InChI=1S/C27H32F3N3O4/c1-15-14-16(2)33(32-15)12-8-6-7-9-13-37-27(35)22-18(4)31-17(3)21(26(34)36-5)23(22)19-10-11-20(28)25(30)24(19)29/h10-11,14,23,31H,6-9,12-13H2,1-5H3. The number of esters is 2. The summed E-state index contributed by atoms with van der Waals surface area (Å²) in [4.78, 5) is 25.7. The van der Waals surface area contributed by atoms with Gasteiger partial charge in [0.1, 0.15) is 0 Å². The summed E-state index contributed by atoms with van der Waals surface area (Å²) >= 11 is 0. The van der Waals surface area contributed by atoms with E-state index in [-0.39, 0.29) is 23.3 Å². The van der Waals surface area contributed by atoms with Gasteiger partial charge < -0.3 is 14.8 Å². The normalized spacial score (nSPS) is 15.6. The lowest BCUT2D eigenvalue weighted by molar-refractivity contribution is -0.139. The molecule has 1 unspecified atom stereocenters. The van der Waals surface area contributed by atoms with Crippen LogP contribution >= 0.6 is 0 Å². The van der Waals surface area contributed by atoms with Gasteiger partial charge in [-0.3, -0.25) is 4.68 Å². The van der Waals surface area contributed by atoms with Gasteiger partial charge in [0.2, 0.25) is 0 Å². The first-order valence-corrected chi connectivity index (χ1v) is 12.1. The van der Waals surface area contributed by atoms with Crippen LogP contribution in [0.4, 0.5) is 13.2 Å². The van der Waals surface area contributed by atoms with Crippen LogP contribution in [0.1, 0.15) is 62.4 Å². The van der Waals surface area contributed by atoms with Gasteiger partial charge in [-0.15, -0.1) is 0 Å². The van der Waals surface area contributed by atoms with Gasteiger partial charge in [0.15, 0.2) is 17.5 Å². The third-order valence-electron chi connectivity index (χ3n) is 6.36. The molecule has 0 saturated heterocycles. The fourth-order valence-corrected chi connectivity index (χ4v) is 4.58. The zero-order chi connectivity index (χ0) is 27.3. The van der Waals surface area contributed by atoms with E-state index in [0.717, 1.165) is 56.4 Å². The molecule has 0 amide bonds. The Labute approximate surface area is 214 Å². The Balaban J connectivity index is 1.70. The first kappa shape index (κ1) is 28.0. The number of allylic oxidation sites excluding steroid dienone is 2. The quantitative estimate of drug-likeness (QED) is 0.266. The van der Waals surface area contributed by atoms with E-state index in [1.54, 1.807) is 13.8 Å². The summed E-state index contributed by atoms with van der Waals surface area (Å²) in [6.45, 7) is 8.00. The second-order valence-electron chi connectivity index (χ2n) is 9.09. The smallest absolute Gasteiger partial charge is 0.336 e. The van der Waals surface area contributed by atoms with Crippen molar-refractivity contribution in [1.82, 2.24) is 15.1 Å². The third kappa shape index (κ3) is 6.23. The van der Waals surface area contributed by atoms with Gasteiger partial charge in [0, 0.05) is 29.2 Å². The number of hydrogen-bond acceptors (Lipinski definition) is 6. The molecule has 1 aromatic heterocycles. The monoisotopic (exact) mass is 519 g/mol. The van der Waals surface area contributed by atoms with Crippen molar-refractivity contribution in [1.29, 1.82) is 0 Å². The zero-order valence-electron chi connectivity index (χ0n) is 21.7. The number of carbonyl (C=O) groups excluding carboxylic acids is 2. The largest absolute Gasteiger partial charge is 0.466 e. The first-order chi connectivity index (χ1) is 17.6. The van der Waals surface area contributed by atoms with Crippen molar-refractivity contribution >= 4 is 11.9 Å². The van der Waals surface area contributed by atoms with Crippen LogP contribution in [0.2, 0.25) is 0 Å². The molecule has 1 aromatic carbocycles. The highest BCUT2D eigenvalue weighted by molar-refractivity contribution is 5.99. The lowest BCUT2D eigenvalue weighted by atomic mass is 9.80. The minimum absolute atomic E-state index is 0.0690. The summed E-state index contributed by atoms with van der Waals surface area (Å²) in [6.07, 6.45) is 3.26. The highest BCUT2D eigenvalue weighted by Crippen LogP contribution is 2.40. The zero-order valence-corrected chi connectivity index (χ0v) is 21.7. The summed E-state index contributed by atoms with van der Waals surface area (Å²) in [5, 5.41) is 7.35. The number of ether oxygens (including phenoxy) is 2. The van der Waals surface area contributed by atoms with Crippen molar-refractivity contribution in [2.24, 2.45) is 0 Å². The maximum atomic E-state index is 14.9. The van der Waals surface area contributed by atoms with Gasteiger partial charge >= 0.3 is 11.9 Å². The SMILES string of the molecule is COC(=O)C1=C(C)NC(C)=C(C(=O)OCCCCCCn2nc(C)cc2C)C1c1ccc(F)c(F)c1F. The Hall–Kier alpha value is -3.56. The van der Waals surface area contributed by atoms with E-state index in [4.69, 9.17) is 9.47 Å². The number of rotatable bonds is 10. The van der Waals surface area contributed by atoms with Crippen molar-refractivity contribution < 1.29 is 32.2 Å². The molecule has 0 saturated carbocycles. The van der Waals surface area contributed by atoms with E-state index >= 15 is 0 Å². The van der Waals surface area contributed by atoms with Gasteiger partial charge in [-0.25, -0.2) is 22.8 Å². The Morgan fingerprint density at radius 1 is 0.946 bits per heavy atom. The summed E-state index contributed by atoms with van der Waals surface area (Å²) < 4.78 is 54.9. The number of dihydropyridines is 1. The molecule has 0 fully saturated rings. The van der Waals surface area contributed by atoms with Crippen LogP contribution in [-0.4, -0.2) is 35.4 Å². The number of unbranched alkanes of at least 4 members (excludes halogenated alkanes) is 3. The molecule has 0 spiro atoms. The first-order valence-electron chi connectivity index (χ1n) is 12.1. The molecule has 3 rings (SSSR count). The van der Waals surface area contributed by atoms with Crippen LogP contribution in [0.15, 0.2) is 40.7 Å². The molecule has 2 aromatic rings. The van der Waals surface area contributed by atoms with Gasteiger partial charge in [0.25, 0.3) is 0 Å². The lowest BCUT2D eigenvalue weighted by Crippen LogP contribution is -2.33. The molecule has 1 aliphatic heterocycles.